The van der Waals surface area contributed by atoms with Crippen LogP contribution in [0, 0.1) is 11.8 Å². The number of carboxylic acids is 1. The first-order chi connectivity index (χ1) is 8.06. The zero-order valence-electron chi connectivity index (χ0n) is 9.38. The largest absolute Gasteiger partial charge is 0.478 e. The Balaban J connectivity index is 3.06. The minimum atomic E-state index is -1.11. The first-order valence-corrected chi connectivity index (χ1v) is 5.40. The number of nitrogen functional groups attached to an aromatic ring is 1. The third-order valence-corrected chi connectivity index (χ3v) is 2.32. The maximum Gasteiger partial charge on any atom is 0.337 e. The molecule has 4 N–H and O–H groups in total. The van der Waals surface area contributed by atoms with Crippen LogP contribution < -0.4 is 11.1 Å². The average Bonchev–Trinajstić information content (AvgIpc) is 2.28. The van der Waals surface area contributed by atoms with Crippen LogP contribution in [0.1, 0.15) is 22.3 Å². The quantitative estimate of drug-likeness (QED) is 0.434. The summed E-state index contributed by atoms with van der Waals surface area (Å²) in [5, 5.41) is 12.2. The van der Waals surface area contributed by atoms with E-state index >= 15 is 0 Å². The van der Waals surface area contributed by atoms with E-state index in [-0.39, 0.29) is 11.3 Å². The molecule has 90 valence electrons. The van der Waals surface area contributed by atoms with Crippen molar-refractivity contribution in [2.45, 2.75) is 6.42 Å². The molecule has 0 bridgehead atoms. The van der Waals surface area contributed by atoms with Crippen LogP contribution in [0.25, 0.3) is 0 Å². The molecule has 0 saturated heterocycles. The van der Waals surface area contributed by atoms with Crippen molar-refractivity contribution in [1.82, 2.24) is 5.32 Å². The molecule has 0 atom stereocenters. The molecule has 0 fully saturated rings. The maximum absolute atomic E-state index is 10.9. The number of hydrogen-bond donors (Lipinski definition) is 3. The Kier molecular flexibility index (Phi) is 4.83. The summed E-state index contributed by atoms with van der Waals surface area (Å²) in [5.41, 5.74) is 6.29. The number of nitrogens with one attached hydrogen (secondary N) is 1. The Morgan fingerprint density at radius 2 is 2.29 bits per heavy atom. The molecular formula is C12H13ClN2O2. The number of aromatic carboxylic acids is 1. The van der Waals surface area contributed by atoms with Gasteiger partial charge < -0.3 is 16.2 Å². The molecule has 4 nitrogen and oxygen atoms in total. The van der Waals surface area contributed by atoms with Gasteiger partial charge in [0.25, 0.3) is 0 Å². The van der Waals surface area contributed by atoms with Crippen LogP contribution in [0.4, 0.5) is 5.69 Å². The van der Waals surface area contributed by atoms with Crippen LogP contribution >= 0.6 is 11.6 Å². The van der Waals surface area contributed by atoms with E-state index in [9.17, 15) is 4.79 Å². The minimum absolute atomic E-state index is 0.0181. The van der Waals surface area contributed by atoms with Crippen molar-refractivity contribution in [1.29, 1.82) is 0 Å². The number of halogens is 1. The predicted molar refractivity (Wildman–Crippen MR) is 68.2 cm³/mol. The zero-order chi connectivity index (χ0) is 12.8. The van der Waals surface area contributed by atoms with Gasteiger partial charge in [-0.05, 0) is 19.2 Å². The molecule has 0 saturated carbocycles. The maximum atomic E-state index is 10.9. The normalized spacial score (nSPS) is 9.53. The standard InChI is InChI=1S/C12H13ClN2O2/c1-15-5-3-2-4-8-6-9(13)7-10(11(8)14)12(16)17/h6-7,15H,3,5,14H2,1H3,(H,16,17). The van der Waals surface area contributed by atoms with Crippen molar-refractivity contribution in [2.75, 3.05) is 19.3 Å². The molecule has 17 heavy (non-hydrogen) atoms. The number of carbonyl (C=O) groups is 1. The molecule has 0 heterocycles. The van der Waals surface area contributed by atoms with E-state index in [4.69, 9.17) is 22.4 Å². The smallest absolute Gasteiger partial charge is 0.337 e. The summed E-state index contributed by atoms with van der Waals surface area (Å²) < 4.78 is 0. The van der Waals surface area contributed by atoms with E-state index in [0.29, 0.717) is 17.0 Å². The van der Waals surface area contributed by atoms with Crippen molar-refractivity contribution in [3.63, 3.8) is 0 Å². The fourth-order valence-electron chi connectivity index (χ4n) is 1.24. The molecule has 1 aromatic carbocycles. The molecule has 0 aliphatic heterocycles. The third-order valence-electron chi connectivity index (χ3n) is 2.10. The Hall–Kier alpha value is -1.70. The molecule has 0 aliphatic rings. The van der Waals surface area contributed by atoms with Crippen LogP contribution in [0.2, 0.25) is 5.02 Å². The fraction of sp³-hybridized carbons (Fsp3) is 0.250. The van der Waals surface area contributed by atoms with Gasteiger partial charge in [-0.15, -0.1) is 0 Å². The molecule has 1 aromatic rings. The summed E-state index contributed by atoms with van der Waals surface area (Å²) in [5.74, 6) is 4.61. The molecule has 0 radical (unpaired) electrons. The summed E-state index contributed by atoms with van der Waals surface area (Å²) in [6.07, 6.45) is 0.658. The lowest BCUT2D eigenvalue weighted by Gasteiger charge is -2.04. The summed E-state index contributed by atoms with van der Waals surface area (Å²) in [6.45, 7) is 0.763. The Morgan fingerprint density at radius 3 is 2.88 bits per heavy atom. The highest BCUT2D eigenvalue weighted by molar-refractivity contribution is 6.31. The topological polar surface area (TPSA) is 75.3 Å². The number of benzene rings is 1. The van der Waals surface area contributed by atoms with Crippen molar-refractivity contribution in [2.24, 2.45) is 0 Å². The van der Waals surface area contributed by atoms with Crippen molar-refractivity contribution < 1.29 is 9.90 Å². The number of rotatable bonds is 3. The molecule has 0 aromatic heterocycles. The second kappa shape index (κ2) is 6.14. The highest BCUT2D eigenvalue weighted by atomic mass is 35.5. The highest BCUT2D eigenvalue weighted by Crippen LogP contribution is 2.22. The van der Waals surface area contributed by atoms with E-state index in [0.717, 1.165) is 6.54 Å². The van der Waals surface area contributed by atoms with E-state index in [2.05, 4.69) is 17.2 Å². The molecular weight excluding hydrogens is 240 g/mol. The predicted octanol–water partition coefficient (Wildman–Crippen LogP) is 1.58. The van der Waals surface area contributed by atoms with Gasteiger partial charge in [-0.1, -0.05) is 23.4 Å². The third kappa shape index (κ3) is 3.66. The van der Waals surface area contributed by atoms with Gasteiger partial charge in [0.2, 0.25) is 0 Å². The monoisotopic (exact) mass is 252 g/mol. The first kappa shape index (κ1) is 13.4. The summed E-state index contributed by atoms with van der Waals surface area (Å²) >= 11 is 5.81. The number of hydrogen-bond acceptors (Lipinski definition) is 3. The van der Waals surface area contributed by atoms with E-state index < -0.39 is 5.97 Å². The fourth-order valence-corrected chi connectivity index (χ4v) is 1.46. The zero-order valence-corrected chi connectivity index (χ0v) is 10.1. The van der Waals surface area contributed by atoms with E-state index in [1.165, 1.54) is 6.07 Å². The van der Waals surface area contributed by atoms with Crippen LogP contribution in [0.5, 0.6) is 0 Å². The second-order valence-corrected chi connectivity index (χ2v) is 3.81. The van der Waals surface area contributed by atoms with Crippen LogP contribution in [0.15, 0.2) is 12.1 Å². The Bertz CT molecular complexity index is 489. The van der Waals surface area contributed by atoms with Crippen molar-refractivity contribution >= 4 is 23.3 Å². The van der Waals surface area contributed by atoms with Gasteiger partial charge in [0.05, 0.1) is 11.3 Å². The number of carboxylic acid groups (broad SMARTS) is 1. The van der Waals surface area contributed by atoms with Gasteiger partial charge in [-0.2, -0.15) is 0 Å². The van der Waals surface area contributed by atoms with Crippen molar-refractivity contribution in [3.8, 4) is 11.8 Å². The second-order valence-electron chi connectivity index (χ2n) is 3.38. The van der Waals surface area contributed by atoms with Gasteiger partial charge >= 0.3 is 5.97 Å². The summed E-state index contributed by atoms with van der Waals surface area (Å²) in [6, 6.07) is 2.88. The van der Waals surface area contributed by atoms with Gasteiger partial charge in [0.1, 0.15) is 0 Å². The van der Waals surface area contributed by atoms with Crippen molar-refractivity contribution in [3.05, 3.63) is 28.3 Å². The van der Waals surface area contributed by atoms with Crippen LogP contribution in [-0.2, 0) is 0 Å². The molecule has 0 aliphatic carbocycles. The number of nitrogens with two attached hydrogens (primary N) is 1. The average molecular weight is 253 g/mol. The van der Waals surface area contributed by atoms with Gasteiger partial charge in [0.15, 0.2) is 0 Å². The van der Waals surface area contributed by atoms with Gasteiger partial charge in [0, 0.05) is 23.6 Å². The molecule has 0 amide bonds. The summed E-state index contributed by atoms with van der Waals surface area (Å²) in [7, 11) is 1.83. The molecule has 0 unspecified atom stereocenters. The lowest BCUT2D eigenvalue weighted by Crippen LogP contribution is -2.06. The van der Waals surface area contributed by atoms with Crippen LogP contribution in [0.3, 0.4) is 0 Å². The van der Waals surface area contributed by atoms with E-state index in [1.54, 1.807) is 6.07 Å². The molecule has 0 spiro atoms. The Morgan fingerprint density at radius 1 is 1.59 bits per heavy atom. The molecule has 5 heteroatoms. The SMILES string of the molecule is CNCCC#Cc1cc(Cl)cc(C(=O)O)c1N. The van der Waals surface area contributed by atoms with Crippen LogP contribution in [-0.4, -0.2) is 24.7 Å². The Labute approximate surface area is 105 Å². The van der Waals surface area contributed by atoms with E-state index in [1.807, 2.05) is 7.05 Å². The van der Waals surface area contributed by atoms with Gasteiger partial charge in [-0.25, -0.2) is 4.79 Å². The lowest BCUT2D eigenvalue weighted by atomic mass is 10.1. The lowest BCUT2D eigenvalue weighted by molar-refractivity contribution is 0.0698. The minimum Gasteiger partial charge on any atom is -0.478 e. The van der Waals surface area contributed by atoms with Gasteiger partial charge in [-0.3, -0.25) is 0 Å². The highest BCUT2D eigenvalue weighted by Gasteiger charge is 2.11. The number of anilines is 1. The molecule has 1 rings (SSSR count). The summed E-state index contributed by atoms with van der Waals surface area (Å²) in [4.78, 5) is 10.9. The first-order valence-electron chi connectivity index (χ1n) is 5.02.